The van der Waals surface area contributed by atoms with Gasteiger partial charge in [0.2, 0.25) is 0 Å². The van der Waals surface area contributed by atoms with Crippen molar-refractivity contribution in [3.8, 4) is 0 Å². The van der Waals surface area contributed by atoms with E-state index >= 15 is 0 Å². The minimum Gasteiger partial charge on any atom is -0.456 e. The smallest absolute Gasteiger partial charge is 0.289 e. The molecule has 2 aliphatic rings. The Morgan fingerprint density at radius 2 is 2.09 bits per heavy atom. The predicted octanol–water partition coefficient (Wildman–Crippen LogP) is 2.16. The molecular formula is C17H26N2O3. The zero-order valence-corrected chi connectivity index (χ0v) is 13.7. The fourth-order valence-corrected chi connectivity index (χ4v) is 3.44. The summed E-state index contributed by atoms with van der Waals surface area (Å²) in [5.41, 5.74) is 0. The van der Waals surface area contributed by atoms with E-state index in [0.717, 1.165) is 38.4 Å². The van der Waals surface area contributed by atoms with E-state index in [4.69, 9.17) is 9.15 Å². The molecule has 2 aliphatic heterocycles. The first-order chi connectivity index (χ1) is 10.5. The van der Waals surface area contributed by atoms with E-state index < -0.39 is 0 Å². The monoisotopic (exact) mass is 306 g/mol. The van der Waals surface area contributed by atoms with Gasteiger partial charge in [0.05, 0.1) is 12.7 Å². The van der Waals surface area contributed by atoms with Crippen LogP contribution in [0.15, 0.2) is 16.5 Å². The van der Waals surface area contributed by atoms with Gasteiger partial charge in [-0.2, -0.15) is 0 Å². The maximum Gasteiger partial charge on any atom is 0.289 e. The Balaban J connectivity index is 1.65. The predicted molar refractivity (Wildman–Crippen MR) is 83.9 cm³/mol. The summed E-state index contributed by atoms with van der Waals surface area (Å²) in [7, 11) is 0. The van der Waals surface area contributed by atoms with Gasteiger partial charge in [0, 0.05) is 38.1 Å². The van der Waals surface area contributed by atoms with Crippen LogP contribution in [-0.2, 0) is 4.74 Å². The molecule has 0 N–H and O–H groups in total. The topological polar surface area (TPSA) is 45.9 Å². The number of aryl methyl sites for hydroxylation is 1. The molecule has 22 heavy (non-hydrogen) atoms. The molecule has 5 nitrogen and oxygen atoms in total. The van der Waals surface area contributed by atoms with Crippen LogP contribution in [0.3, 0.4) is 0 Å². The Labute approximate surface area is 132 Å². The van der Waals surface area contributed by atoms with E-state index in [2.05, 4.69) is 18.7 Å². The molecule has 2 saturated heterocycles. The highest BCUT2D eigenvalue weighted by molar-refractivity contribution is 5.91. The molecule has 0 radical (unpaired) electrons. The third kappa shape index (κ3) is 3.20. The van der Waals surface area contributed by atoms with E-state index in [-0.39, 0.29) is 12.0 Å². The number of amides is 1. The Morgan fingerprint density at radius 1 is 1.27 bits per heavy atom. The summed E-state index contributed by atoms with van der Waals surface area (Å²) in [6.45, 7) is 10.6. The molecule has 1 aromatic rings. The molecular weight excluding hydrogens is 280 g/mol. The SMILES string of the molecule is Cc1ccc(C(=O)N2CCC3CN(C(C)C)CCOC3C2)o1. The summed E-state index contributed by atoms with van der Waals surface area (Å²) in [6.07, 6.45) is 1.15. The quantitative estimate of drug-likeness (QED) is 0.840. The molecule has 3 heterocycles. The highest BCUT2D eigenvalue weighted by Crippen LogP contribution is 2.26. The van der Waals surface area contributed by atoms with Crippen molar-refractivity contribution >= 4 is 5.91 Å². The van der Waals surface area contributed by atoms with Crippen molar-refractivity contribution in [2.75, 3.05) is 32.8 Å². The van der Waals surface area contributed by atoms with Gasteiger partial charge in [-0.1, -0.05) is 0 Å². The number of nitrogens with zero attached hydrogens (tertiary/aromatic N) is 2. The standard InChI is InChI=1S/C17H26N2O3/c1-12(2)18-8-9-21-16-11-19(7-6-14(16)10-18)17(20)15-5-4-13(3)22-15/h4-5,12,14,16H,6-11H2,1-3H3. The highest BCUT2D eigenvalue weighted by Gasteiger charge is 2.36. The Bertz CT molecular complexity index is 526. The van der Waals surface area contributed by atoms with Gasteiger partial charge in [-0.3, -0.25) is 9.69 Å². The van der Waals surface area contributed by atoms with Gasteiger partial charge in [-0.05, 0) is 39.3 Å². The van der Waals surface area contributed by atoms with Gasteiger partial charge in [-0.15, -0.1) is 0 Å². The molecule has 0 bridgehead atoms. The number of fused-ring (bicyclic) bond motifs is 1. The first-order valence-electron chi connectivity index (χ1n) is 8.26. The van der Waals surface area contributed by atoms with E-state index in [1.807, 2.05) is 17.9 Å². The lowest BCUT2D eigenvalue weighted by atomic mass is 9.93. The zero-order valence-electron chi connectivity index (χ0n) is 13.7. The average molecular weight is 306 g/mol. The first-order valence-corrected chi connectivity index (χ1v) is 8.26. The average Bonchev–Trinajstić information content (AvgIpc) is 2.81. The van der Waals surface area contributed by atoms with Crippen LogP contribution in [-0.4, -0.2) is 60.6 Å². The Hall–Kier alpha value is -1.33. The molecule has 2 atom stereocenters. The van der Waals surface area contributed by atoms with Crippen LogP contribution in [0.25, 0.3) is 0 Å². The lowest BCUT2D eigenvalue weighted by Gasteiger charge is -2.38. The van der Waals surface area contributed by atoms with Crippen molar-refractivity contribution in [3.63, 3.8) is 0 Å². The number of carbonyl (C=O) groups excluding carboxylic acids is 1. The number of rotatable bonds is 2. The minimum absolute atomic E-state index is 0.0138. The van der Waals surface area contributed by atoms with Gasteiger partial charge in [-0.25, -0.2) is 0 Å². The number of hydrogen-bond donors (Lipinski definition) is 0. The summed E-state index contributed by atoms with van der Waals surface area (Å²) >= 11 is 0. The van der Waals surface area contributed by atoms with Crippen LogP contribution >= 0.6 is 0 Å². The molecule has 0 spiro atoms. The second-order valence-corrected chi connectivity index (χ2v) is 6.71. The minimum atomic E-state index is -0.0138. The summed E-state index contributed by atoms with van der Waals surface area (Å²) in [6, 6.07) is 4.15. The van der Waals surface area contributed by atoms with Crippen molar-refractivity contribution in [2.24, 2.45) is 5.92 Å². The molecule has 1 amide bonds. The highest BCUT2D eigenvalue weighted by atomic mass is 16.5. The van der Waals surface area contributed by atoms with Crippen LogP contribution in [0.4, 0.5) is 0 Å². The van der Waals surface area contributed by atoms with Crippen LogP contribution in [0.2, 0.25) is 0 Å². The third-order valence-corrected chi connectivity index (χ3v) is 4.84. The summed E-state index contributed by atoms with van der Waals surface area (Å²) in [5.74, 6) is 1.72. The zero-order chi connectivity index (χ0) is 15.7. The molecule has 1 aromatic heterocycles. The number of piperidine rings is 1. The van der Waals surface area contributed by atoms with Crippen molar-refractivity contribution < 1.29 is 13.9 Å². The Kier molecular flexibility index (Phi) is 4.54. The molecule has 5 heteroatoms. The number of carbonyl (C=O) groups is 1. The fraction of sp³-hybridized carbons (Fsp3) is 0.706. The van der Waals surface area contributed by atoms with Crippen LogP contribution in [0, 0.1) is 12.8 Å². The van der Waals surface area contributed by atoms with E-state index in [9.17, 15) is 4.79 Å². The third-order valence-electron chi connectivity index (χ3n) is 4.84. The number of furan rings is 1. The lowest BCUT2D eigenvalue weighted by molar-refractivity contribution is -0.0179. The summed E-state index contributed by atoms with van der Waals surface area (Å²) in [4.78, 5) is 16.9. The van der Waals surface area contributed by atoms with Gasteiger partial charge in [0.25, 0.3) is 5.91 Å². The molecule has 3 rings (SSSR count). The number of ether oxygens (including phenoxy) is 1. The van der Waals surface area contributed by atoms with Gasteiger partial charge in [0.15, 0.2) is 5.76 Å². The second kappa shape index (κ2) is 6.42. The van der Waals surface area contributed by atoms with Gasteiger partial charge < -0.3 is 14.1 Å². The maximum absolute atomic E-state index is 12.5. The molecule has 2 fully saturated rings. The van der Waals surface area contributed by atoms with Crippen LogP contribution in [0.1, 0.15) is 36.6 Å². The van der Waals surface area contributed by atoms with E-state index in [0.29, 0.717) is 24.3 Å². The van der Waals surface area contributed by atoms with E-state index in [1.54, 1.807) is 6.07 Å². The van der Waals surface area contributed by atoms with E-state index in [1.165, 1.54) is 0 Å². The number of likely N-dealkylation sites (tertiary alicyclic amines) is 1. The van der Waals surface area contributed by atoms with Gasteiger partial charge >= 0.3 is 0 Å². The fourth-order valence-electron chi connectivity index (χ4n) is 3.44. The van der Waals surface area contributed by atoms with Crippen molar-refractivity contribution in [2.45, 2.75) is 39.3 Å². The van der Waals surface area contributed by atoms with Crippen molar-refractivity contribution in [3.05, 3.63) is 23.7 Å². The molecule has 0 saturated carbocycles. The lowest BCUT2D eigenvalue weighted by Crippen LogP contribution is -2.49. The van der Waals surface area contributed by atoms with Gasteiger partial charge in [0.1, 0.15) is 5.76 Å². The van der Waals surface area contributed by atoms with Crippen LogP contribution in [0.5, 0.6) is 0 Å². The van der Waals surface area contributed by atoms with Crippen molar-refractivity contribution in [1.29, 1.82) is 0 Å². The summed E-state index contributed by atoms with van der Waals surface area (Å²) in [5, 5.41) is 0. The molecule has 0 aromatic carbocycles. The normalized spacial score (nSPS) is 26.8. The van der Waals surface area contributed by atoms with Crippen LogP contribution < -0.4 is 0 Å². The molecule has 2 unspecified atom stereocenters. The second-order valence-electron chi connectivity index (χ2n) is 6.71. The molecule has 122 valence electrons. The van der Waals surface area contributed by atoms with Crippen molar-refractivity contribution in [1.82, 2.24) is 9.80 Å². The number of hydrogen-bond acceptors (Lipinski definition) is 4. The Morgan fingerprint density at radius 3 is 2.77 bits per heavy atom. The summed E-state index contributed by atoms with van der Waals surface area (Å²) < 4.78 is 11.5. The first kappa shape index (κ1) is 15.6. The largest absolute Gasteiger partial charge is 0.456 e. The molecule has 0 aliphatic carbocycles. The maximum atomic E-state index is 12.5.